The maximum atomic E-state index is 9.44. The molecule has 4 heteroatoms. The molecule has 2 rings (SSSR count). The summed E-state index contributed by atoms with van der Waals surface area (Å²) in [6.45, 7) is 1.90. The number of phenolic OH excluding ortho intramolecular Hbond substituents is 1. The van der Waals surface area contributed by atoms with Gasteiger partial charge in [-0.05, 0) is 0 Å². The highest BCUT2D eigenvalue weighted by Gasteiger charge is 2.21. The summed E-state index contributed by atoms with van der Waals surface area (Å²) in [5, 5.41) is 10.0. The van der Waals surface area contributed by atoms with Crippen LogP contribution in [0.3, 0.4) is 0 Å². The molecule has 1 heterocycles. The van der Waals surface area contributed by atoms with E-state index in [2.05, 4.69) is 9.80 Å². The molecule has 1 aromatic rings. The summed E-state index contributed by atoms with van der Waals surface area (Å²) in [6.07, 6.45) is 0. The second-order valence-corrected chi connectivity index (χ2v) is 4.05. The first-order valence-electron chi connectivity index (χ1n) is 4.54. The van der Waals surface area contributed by atoms with E-state index in [9.17, 15) is 5.11 Å². The summed E-state index contributed by atoms with van der Waals surface area (Å²) in [4.78, 5) is 4.21. The van der Waals surface area contributed by atoms with Crippen LogP contribution in [0.5, 0.6) is 5.75 Å². The molecule has 1 aliphatic rings. The molecule has 0 unspecified atom stereocenters. The Bertz CT molecular complexity index is 367. The summed E-state index contributed by atoms with van der Waals surface area (Å²) in [5.41, 5.74) is 1.99. The summed E-state index contributed by atoms with van der Waals surface area (Å²) in [5.74, 6) is 0.218. The van der Waals surface area contributed by atoms with Crippen LogP contribution in [0.1, 0.15) is 0 Å². The average Bonchev–Trinajstić information content (AvgIpc) is 2.10. The fourth-order valence-electron chi connectivity index (χ4n) is 1.77. The Labute approximate surface area is 88.5 Å². The molecule has 0 amide bonds. The van der Waals surface area contributed by atoms with Gasteiger partial charge in [0.1, 0.15) is 5.75 Å². The van der Waals surface area contributed by atoms with Crippen molar-refractivity contribution in [1.29, 1.82) is 0 Å². The summed E-state index contributed by atoms with van der Waals surface area (Å²) < 4.78 is 0. The molecular weight excluding hydrogens is 200 g/mol. The molecule has 0 saturated carbocycles. The van der Waals surface area contributed by atoms with Crippen molar-refractivity contribution in [2.24, 2.45) is 0 Å². The third-order valence-electron chi connectivity index (χ3n) is 2.59. The van der Waals surface area contributed by atoms with E-state index >= 15 is 0 Å². The van der Waals surface area contributed by atoms with Gasteiger partial charge in [0.25, 0.3) is 0 Å². The Morgan fingerprint density at radius 2 is 1.86 bits per heavy atom. The molecule has 1 N–H and O–H groups in total. The van der Waals surface area contributed by atoms with Gasteiger partial charge < -0.3 is 14.9 Å². The number of fused-ring (bicyclic) bond motifs is 1. The molecule has 1 aliphatic heterocycles. The van der Waals surface area contributed by atoms with Gasteiger partial charge in [0, 0.05) is 39.3 Å². The van der Waals surface area contributed by atoms with Crippen LogP contribution in [-0.2, 0) is 0 Å². The Hall–Kier alpha value is -1.09. The van der Waals surface area contributed by atoms with E-state index in [1.54, 1.807) is 12.1 Å². The topological polar surface area (TPSA) is 26.7 Å². The molecule has 0 fully saturated rings. The van der Waals surface area contributed by atoms with Crippen LogP contribution in [0, 0.1) is 0 Å². The van der Waals surface area contributed by atoms with Gasteiger partial charge in [0.15, 0.2) is 0 Å². The van der Waals surface area contributed by atoms with E-state index in [4.69, 9.17) is 11.6 Å². The molecule has 0 bridgehead atoms. The summed E-state index contributed by atoms with van der Waals surface area (Å²) in [6, 6.07) is 3.33. The Kier molecular flexibility index (Phi) is 2.19. The summed E-state index contributed by atoms with van der Waals surface area (Å²) >= 11 is 6.08. The monoisotopic (exact) mass is 212 g/mol. The maximum absolute atomic E-state index is 9.44. The highest BCUT2D eigenvalue weighted by atomic mass is 35.5. The number of benzene rings is 1. The lowest BCUT2D eigenvalue weighted by Gasteiger charge is -2.35. The van der Waals surface area contributed by atoms with Crippen LogP contribution in [-0.4, -0.2) is 32.3 Å². The Morgan fingerprint density at radius 3 is 2.57 bits per heavy atom. The maximum Gasteiger partial charge on any atom is 0.119 e. The van der Waals surface area contributed by atoms with Crippen LogP contribution in [0.15, 0.2) is 12.1 Å². The minimum absolute atomic E-state index is 0.218. The molecule has 0 atom stereocenters. The average molecular weight is 213 g/mol. The van der Waals surface area contributed by atoms with Crippen LogP contribution in [0.4, 0.5) is 11.4 Å². The Balaban J connectivity index is 2.60. The van der Waals surface area contributed by atoms with E-state index in [-0.39, 0.29) is 5.75 Å². The predicted molar refractivity (Wildman–Crippen MR) is 59.7 cm³/mol. The van der Waals surface area contributed by atoms with Crippen molar-refractivity contribution < 1.29 is 5.11 Å². The first-order chi connectivity index (χ1) is 6.59. The number of aromatic hydroxyl groups is 1. The lowest BCUT2D eigenvalue weighted by atomic mass is 10.2. The highest BCUT2D eigenvalue weighted by Crippen LogP contribution is 2.40. The number of likely N-dealkylation sites (N-methyl/N-ethyl adjacent to an activating group) is 2. The lowest BCUT2D eigenvalue weighted by Crippen LogP contribution is -2.36. The molecule has 0 radical (unpaired) electrons. The quantitative estimate of drug-likeness (QED) is 0.712. The normalized spacial score (nSPS) is 15.6. The zero-order valence-corrected chi connectivity index (χ0v) is 9.04. The first-order valence-corrected chi connectivity index (χ1v) is 4.92. The van der Waals surface area contributed by atoms with E-state index < -0.39 is 0 Å². The second kappa shape index (κ2) is 3.24. The predicted octanol–water partition coefficient (Wildman–Crippen LogP) is 1.93. The minimum Gasteiger partial charge on any atom is -0.508 e. The van der Waals surface area contributed by atoms with Crippen molar-refractivity contribution in [1.82, 2.24) is 0 Å². The van der Waals surface area contributed by atoms with E-state index in [1.165, 1.54) is 0 Å². The molecule has 1 aromatic carbocycles. The van der Waals surface area contributed by atoms with Crippen molar-refractivity contribution >= 4 is 23.0 Å². The zero-order valence-electron chi connectivity index (χ0n) is 8.29. The molecule has 0 aromatic heterocycles. The van der Waals surface area contributed by atoms with Crippen LogP contribution >= 0.6 is 11.6 Å². The lowest BCUT2D eigenvalue weighted by molar-refractivity contribution is 0.475. The molecule has 3 nitrogen and oxygen atoms in total. The van der Waals surface area contributed by atoms with Crippen LogP contribution in [0.25, 0.3) is 0 Å². The van der Waals surface area contributed by atoms with Gasteiger partial charge in [-0.15, -0.1) is 0 Å². The van der Waals surface area contributed by atoms with Crippen molar-refractivity contribution in [3.63, 3.8) is 0 Å². The van der Waals surface area contributed by atoms with Crippen molar-refractivity contribution in [3.8, 4) is 5.75 Å². The molecule has 0 aliphatic carbocycles. The largest absolute Gasteiger partial charge is 0.508 e. The smallest absolute Gasteiger partial charge is 0.119 e. The summed E-state index contributed by atoms with van der Waals surface area (Å²) in [7, 11) is 4.01. The van der Waals surface area contributed by atoms with Gasteiger partial charge in [-0.3, -0.25) is 0 Å². The molecule has 0 spiro atoms. The minimum atomic E-state index is 0.218. The number of hydrogen-bond donors (Lipinski definition) is 1. The molecule has 76 valence electrons. The Morgan fingerprint density at radius 1 is 1.21 bits per heavy atom. The highest BCUT2D eigenvalue weighted by molar-refractivity contribution is 6.34. The number of halogens is 1. The number of nitrogens with zero attached hydrogens (tertiary/aromatic N) is 2. The number of hydrogen-bond acceptors (Lipinski definition) is 3. The molecule has 14 heavy (non-hydrogen) atoms. The van der Waals surface area contributed by atoms with Crippen molar-refractivity contribution in [2.75, 3.05) is 37.0 Å². The van der Waals surface area contributed by atoms with Crippen molar-refractivity contribution in [3.05, 3.63) is 17.2 Å². The number of anilines is 2. The standard InChI is InChI=1S/C10H13ClN2O/c1-12-3-4-13(2)10-8(11)5-7(14)6-9(10)12/h5-6,14H,3-4H2,1-2H3. The van der Waals surface area contributed by atoms with Crippen molar-refractivity contribution in [2.45, 2.75) is 0 Å². The first kappa shape index (κ1) is 9.46. The third kappa shape index (κ3) is 1.38. The molecule has 0 saturated heterocycles. The van der Waals surface area contributed by atoms with E-state index in [1.807, 2.05) is 14.1 Å². The zero-order chi connectivity index (χ0) is 10.3. The van der Waals surface area contributed by atoms with Gasteiger partial charge in [-0.1, -0.05) is 11.6 Å². The van der Waals surface area contributed by atoms with Gasteiger partial charge in [-0.25, -0.2) is 0 Å². The SMILES string of the molecule is CN1CCN(C)c2c(Cl)cc(O)cc21. The number of phenols is 1. The second-order valence-electron chi connectivity index (χ2n) is 3.64. The van der Waals surface area contributed by atoms with Crippen LogP contribution < -0.4 is 9.80 Å². The van der Waals surface area contributed by atoms with Gasteiger partial charge in [0.2, 0.25) is 0 Å². The number of rotatable bonds is 0. The third-order valence-corrected chi connectivity index (χ3v) is 2.88. The fourth-order valence-corrected chi connectivity index (χ4v) is 2.12. The molecular formula is C10H13ClN2O. The van der Waals surface area contributed by atoms with Gasteiger partial charge >= 0.3 is 0 Å². The van der Waals surface area contributed by atoms with Gasteiger partial charge in [-0.2, -0.15) is 0 Å². The fraction of sp³-hybridized carbons (Fsp3) is 0.400. The van der Waals surface area contributed by atoms with E-state index in [0.717, 1.165) is 24.5 Å². The van der Waals surface area contributed by atoms with E-state index in [0.29, 0.717) is 5.02 Å². The van der Waals surface area contributed by atoms with Crippen LogP contribution in [0.2, 0.25) is 5.02 Å². The van der Waals surface area contributed by atoms with Gasteiger partial charge in [0.05, 0.1) is 16.4 Å².